The molecule has 0 amide bonds. The van der Waals surface area contributed by atoms with Crippen molar-refractivity contribution < 1.29 is 13.9 Å². The molecule has 0 aliphatic heterocycles. The van der Waals surface area contributed by atoms with Crippen molar-refractivity contribution in [3.63, 3.8) is 0 Å². The summed E-state index contributed by atoms with van der Waals surface area (Å²) in [5.74, 6) is 0. The van der Waals surface area contributed by atoms with Crippen LogP contribution in [0.3, 0.4) is 0 Å². The number of nitrogens with zero attached hydrogens (tertiary/aromatic N) is 1. The lowest BCUT2D eigenvalue weighted by Gasteiger charge is -2.38. The lowest BCUT2D eigenvalue weighted by Crippen LogP contribution is -2.45. The van der Waals surface area contributed by atoms with E-state index in [0.717, 1.165) is 19.4 Å². The first kappa shape index (κ1) is 16.8. The number of hydrogen-bond donors (Lipinski definition) is 2. The highest BCUT2D eigenvalue weighted by molar-refractivity contribution is 4.86. The van der Waals surface area contributed by atoms with Gasteiger partial charge in [-0.1, -0.05) is 25.7 Å². The van der Waals surface area contributed by atoms with E-state index >= 15 is 0 Å². The van der Waals surface area contributed by atoms with Gasteiger partial charge in [0.1, 0.15) is 0 Å². The molecule has 0 heterocycles. The largest absolute Gasteiger partial charge is 0.395 e. The molecule has 0 aromatic rings. The Bertz CT molecular complexity index is 231. The molecule has 3 nitrogen and oxygen atoms in total. The molecule has 5 heteroatoms. The molecule has 1 aliphatic carbocycles. The third-order valence-electron chi connectivity index (χ3n) is 4.09. The van der Waals surface area contributed by atoms with E-state index in [1.807, 2.05) is 7.05 Å². The summed E-state index contributed by atoms with van der Waals surface area (Å²) < 4.78 is 25.2. The van der Waals surface area contributed by atoms with Crippen molar-refractivity contribution in [2.24, 2.45) is 5.41 Å². The van der Waals surface area contributed by atoms with E-state index < -0.39 is 6.43 Å². The molecule has 1 aliphatic rings. The van der Waals surface area contributed by atoms with Crippen LogP contribution in [0.4, 0.5) is 8.78 Å². The van der Waals surface area contributed by atoms with E-state index in [1.54, 1.807) is 4.90 Å². The van der Waals surface area contributed by atoms with Gasteiger partial charge in [0.2, 0.25) is 0 Å². The molecule has 0 spiro atoms. The van der Waals surface area contributed by atoms with Crippen LogP contribution in [-0.2, 0) is 0 Å². The normalized spacial score (nSPS) is 19.9. The molecule has 1 saturated carbocycles. The molecule has 114 valence electrons. The van der Waals surface area contributed by atoms with Crippen molar-refractivity contribution in [1.82, 2.24) is 10.2 Å². The summed E-state index contributed by atoms with van der Waals surface area (Å²) in [5.41, 5.74) is 0.0926. The number of aliphatic hydroxyl groups excluding tert-OH is 1. The molecule has 0 bridgehead atoms. The Morgan fingerprint density at radius 1 is 1.21 bits per heavy atom. The van der Waals surface area contributed by atoms with Crippen molar-refractivity contribution in [3.8, 4) is 0 Å². The third kappa shape index (κ3) is 6.15. The standard InChI is InChI=1S/C14H28F2N2O/c1-17-11-14(6-4-2-3-5-7-14)12-18(8-9-19)10-13(15)16/h13,17,19H,2-12H2,1H3. The second-order valence-corrected chi connectivity index (χ2v) is 5.79. The summed E-state index contributed by atoms with van der Waals surface area (Å²) >= 11 is 0. The van der Waals surface area contributed by atoms with Crippen LogP contribution in [0.25, 0.3) is 0 Å². The minimum atomic E-state index is -2.33. The maximum Gasteiger partial charge on any atom is 0.251 e. The number of nitrogens with one attached hydrogen (secondary N) is 1. The van der Waals surface area contributed by atoms with E-state index in [9.17, 15) is 8.78 Å². The zero-order valence-electron chi connectivity index (χ0n) is 12.0. The molecule has 1 fully saturated rings. The van der Waals surface area contributed by atoms with Gasteiger partial charge in [0.05, 0.1) is 13.2 Å². The fourth-order valence-electron chi connectivity index (χ4n) is 3.29. The highest BCUT2D eigenvalue weighted by Gasteiger charge is 2.32. The molecule has 0 aromatic heterocycles. The summed E-state index contributed by atoms with van der Waals surface area (Å²) in [5, 5.41) is 12.3. The van der Waals surface area contributed by atoms with Crippen molar-refractivity contribution in [1.29, 1.82) is 0 Å². The van der Waals surface area contributed by atoms with Crippen LogP contribution >= 0.6 is 0 Å². The maximum absolute atomic E-state index is 12.6. The van der Waals surface area contributed by atoms with E-state index in [-0.39, 0.29) is 18.6 Å². The minimum absolute atomic E-state index is 0.0532. The summed E-state index contributed by atoms with van der Waals surface area (Å²) in [4.78, 5) is 1.73. The van der Waals surface area contributed by atoms with E-state index in [4.69, 9.17) is 5.11 Å². The number of halogens is 2. The first-order valence-corrected chi connectivity index (χ1v) is 7.38. The van der Waals surface area contributed by atoms with E-state index in [0.29, 0.717) is 13.1 Å². The van der Waals surface area contributed by atoms with E-state index in [1.165, 1.54) is 25.7 Å². The Morgan fingerprint density at radius 2 is 1.84 bits per heavy atom. The quantitative estimate of drug-likeness (QED) is 0.668. The van der Waals surface area contributed by atoms with Gasteiger partial charge < -0.3 is 10.4 Å². The molecule has 0 saturated heterocycles. The highest BCUT2D eigenvalue weighted by Crippen LogP contribution is 2.35. The van der Waals surface area contributed by atoms with Crippen molar-refractivity contribution in [3.05, 3.63) is 0 Å². The van der Waals surface area contributed by atoms with Crippen LogP contribution in [0.15, 0.2) is 0 Å². The second kappa shape index (κ2) is 8.82. The number of hydrogen-bond acceptors (Lipinski definition) is 3. The fraction of sp³-hybridized carbons (Fsp3) is 1.00. The molecule has 0 unspecified atom stereocenters. The monoisotopic (exact) mass is 278 g/mol. The number of alkyl halides is 2. The van der Waals surface area contributed by atoms with Crippen molar-refractivity contribution >= 4 is 0 Å². The fourth-order valence-corrected chi connectivity index (χ4v) is 3.29. The van der Waals surface area contributed by atoms with Crippen LogP contribution in [0.2, 0.25) is 0 Å². The Kier molecular flexibility index (Phi) is 7.80. The van der Waals surface area contributed by atoms with Crippen molar-refractivity contribution in [2.45, 2.75) is 45.0 Å². The van der Waals surface area contributed by atoms with Gasteiger partial charge in [-0.2, -0.15) is 0 Å². The first-order chi connectivity index (χ1) is 9.12. The summed E-state index contributed by atoms with van der Waals surface area (Å²) in [7, 11) is 1.93. The van der Waals surface area contributed by atoms with Gasteiger partial charge >= 0.3 is 0 Å². The lowest BCUT2D eigenvalue weighted by atomic mass is 9.79. The van der Waals surface area contributed by atoms with Crippen LogP contribution < -0.4 is 5.32 Å². The molecule has 2 N–H and O–H groups in total. The van der Waals surface area contributed by atoms with Gasteiger partial charge in [0.15, 0.2) is 0 Å². The molecule has 1 rings (SSSR count). The Morgan fingerprint density at radius 3 is 2.32 bits per heavy atom. The van der Waals surface area contributed by atoms with Gasteiger partial charge in [-0.3, -0.25) is 4.90 Å². The van der Waals surface area contributed by atoms with Gasteiger partial charge in [-0.05, 0) is 25.3 Å². The maximum atomic E-state index is 12.6. The molecular formula is C14H28F2N2O. The first-order valence-electron chi connectivity index (χ1n) is 7.38. The third-order valence-corrected chi connectivity index (χ3v) is 4.09. The van der Waals surface area contributed by atoms with Gasteiger partial charge in [0, 0.05) is 19.6 Å². The minimum Gasteiger partial charge on any atom is -0.395 e. The molecule has 19 heavy (non-hydrogen) atoms. The van der Waals surface area contributed by atoms with Crippen LogP contribution in [-0.4, -0.2) is 56.3 Å². The summed E-state index contributed by atoms with van der Waals surface area (Å²) in [6.45, 7) is 1.60. The SMILES string of the molecule is CNCC1(CN(CCO)CC(F)F)CCCCCC1. The average molecular weight is 278 g/mol. The Labute approximate surface area is 115 Å². The van der Waals surface area contributed by atoms with E-state index in [2.05, 4.69) is 5.32 Å². The van der Waals surface area contributed by atoms with Gasteiger partial charge in [0.25, 0.3) is 6.43 Å². The topological polar surface area (TPSA) is 35.5 Å². The Hall–Kier alpha value is -0.260. The summed E-state index contributed by atoms with van der Waals surface area (Å²) in [6, 6.07) is 0. The number of rotatable bonds is 8. The van der Waals surface area contributed by atoms with Crippen molar-refractivity contribution in [2.75, 3.05) is 39.8 Å². The predicted molar refractivity (Wildman–Crippen MR) is 73.6 cm³/mol. The molecule has 0 aromatic carbocycles. The Balaban J connectivity index is 2.66. The van der Waals surface area contributed by atoms with Crippen LogP contribution in [0.5, 0.6) is 0 Å². The average Bonchev–Trinajstić information content (AvgIpc) is 2.55. The zero-order valence-corrected chi connectivity index (χ0v) is 12.0. The predicted octanol–water partition coefficient (Wildman–Crippen LogP) is 2.11. The second-order valence-electron chi connectivity index (χ2n) is 5.79. The van der Waals surface area contributed by atoms with Gasteiger partial charge in [-0.25, -0.2) is 8.78 Å². The van der Waals surface area contributed by atoms with Crippen LogP contribution in [0, 0.1) is 5.41 Å². The number of aliphatic hydroxyl groups is 1. The smallest absolute Gasteiger partial charge is 0.251 e. The molecular weight excluding hydrogens is 250 g/mol. The zero-order chi connectivity index (χ0) is 14.1. The highest BCUT2D eigenvalue weighted by atomic mass is 19.3. The molecule has 0 radical (unpaired) electrons. The molecule has 0 atom stereocenters. The van der Waals surface area contributed by atoms with Crippen LogP contribution in [0.1, 0.15) is 38.5 Å². The lowest BCUT2D eigenvalue weighted by molar-refractivity contribution is 0.0457. The van der Waals surface area contributed by atoms with Gasteiger partial charge in [-0.15, -0.1) is 0 Å². The summed E-state index contributed by atoms with van der Waals surface area (Å²) in [6.07, 6.45) is 4.73.